The lowest BCUT2D eigenvalue weighted by molar-refractivity contribution is 0.312. The van der Waals surface area contributed by atoms with Crippen LogP contribution in [0.25, 0.3) is 0 Å². The standard InChI is InChI=1S/C14H21N3/c1-11-9-12-13(16-10-11)17-14(7-8-15-12)5-3-2-4-6-14/h9-10,15H,2-8H2,1H3,(H,16,17). The lowest BCUT2D eigenvalue weighted by atomic mass is 9.79. The molecule has 1 aliphatic carbocycles. The first kappa shape index (κ1) is 10.9. The molecule has 2 N–H and O–H groups in total. The van der Waals surface area contributed by atoms with E-state index in [1.165, 1.54) is 49.8 Å². The van der Waals surface area contributed by atoms with Crippen molar-refractivity contribution in [2.24, 2.45) is 0 Å². The Morgan fingerprint density at radius 3 is 2.82 bits per heavy atom. The maximum atomic E-state index is 4.55. The minimum Gasteiger partial charge on any atom is -0.382 e. The van der Waals surface area contributed by atoms with Crippen LogP contribution in [-0.4, -0.2) is 17.1 Å². The van der Waals surface area contributed by atoms with Gasteiger partial charge in [-0.1, -0.05) is 19.3 Å². The SMILES string of the molecule is Cc1cnc2c(c1)NCCC1(CCCCC1)N2. The molecule has 1 aromatic rings. The molecule has 1 aliphatic heterocycles. The van der Waals surface area contributed by atoms with Crippen molar-refractivity contribution in [3.8, 4) is 0 Å². The molecule has 0 radical (unpaired) electrons. The molecule has 2 heterocycles. The van der Waals surface area contributed by atoms with Gasteiger partial charge in [-0.15, -0.1) is 0 Å². The van der Waals surface area contributed by atoms with Gasteiger partial charge in [0.25, 0.3) is 0 Å². The van der Waals surface area contributed by atoms with Gasteiger partial charge in [0.15, 0.2) is 0 Å². The number of fused-ring (bicyclic) bond motifs is 1. The Hall–Kier alpha value is -1.25. The number of anilines is 2. The third-order valence-electron chi connectivity index (χ3n) is 4.14. The van der Waals surface area contributed by atoms with Crippen LogP contribution >= 0.6 is 0 Å². The van der Waals surface area contributed by atoms with Crippen LogP contribution < -0.4 is 10.6 Å². The lowest BCUT2D eigenvalue weighted by Crippen LogP contribution is -2.40. The topological polar surface area (TPSA) is 37.0 Å². The van der Waals surface area contributed by atoms with Crippen molar-refractivity contribution in [3.05, 3.63) is 17.8 Å². The second kappa shape index (κ2) is 4.21. The third kappa shape index (κ3) is 2.11. The highest BCUT2D eigenvalue weighted by molar-refractivity contribution is 5.67. The molecule has 0 bridgehead atoms. The second-order valence-electron chi connectivity index (χ2n) is 5.55. The molecule has 0 aromatic carbocycles. The van der Waals surface area contributed by atoms with E-state index >= 15 is 0 Å². The molecule has 3 nitrogen and oxygen atoms in total. The van der Waals surface area contributed by atoms with E-state index in [-0.39, 0.29) is 0 Å². The number of nitrogens with zero attached hydrogens (tertiary/aromatic N) is 1. The molecular weight excluding hydrogens is 210 g/mol. The number of rotatable bonds is 0. The first-order valence-electron chi connectivity index (χ1n) is 6.76. The largest absolute Gasteiger partial charge is 0.382 e. The summed E-state index contributed by atoms with van der Waals surface area (Å²) >= 11 is 0. The normalized spacial score (nSPS) is 22.2. The van der Waals surface area contributed by atoms with Gasteiger partial charge < -0.3 is 10.6 Å². The molecule has 1 spiro atoms. The molecule has 1 aromatic heterocycles. The maximum absolute atomic E-state index is 4.55. The summed E-state index contributed by atoms with van der Waals surface area (Å²) in [5.41, 5.74) is 2.70. The van der Waals surface area contributed by atoms with Crippen LogP contribution in [-0.2, 0) is 0 Å². The van der Waals surface area contributed by atoms with Gasteiger partial charge in [-0.3, -0.25) is 0 Å². The highest BCUT2D eigenvalue weighted by Crippen LogP contribution is 2.37. The minimum atomic E-state index is 0.304. The molecule has 0 unspecified atom stereocenters. The zero-order valence-electron chi connectivity index (χ0n) is 10.6. The molecular formula is C14H21N3. The van der Waals surface area contributed by atoms with Crippen molar-refractivity contribution in [2.45, 2.75) is 51.0 Å². The van der Waals surface area contributed by atoms with E-state index in [4.69, 9.17) is 0 Å². The van der Waals surface area contributed by atoms with Gasteiger partial charge in [0, 0.05) is 18.3 Å². The van der Waals surface area contributed by atoms with Gasteiger partial charge in [-0.25, -0.2) is 4.98 Å². The Morgan fingerprint density at radius 2 is 2.00 bits per heavy atom. The molecule has 3 rings (SSSR count). The van der Waals surface area contributed by atoms with Crippen LogP contribution in [0, 0.1) is 6.92 Å². The monoisotopic (exact) mass is 231 g/mol. The molecule has 3 heteroatoms. The van der Waals surface area contributed by atoms with Gasteiger partial charge in [0.05, 0.1) is 5.69 Å². The molecule has 17 heavy (non-hydrogen) atoms. The minimum absolute atomic E-state index is 0.304. The summed E-state index contributed by atoms with van der Waals surface area (Å²) in [6, 6.07) is 2.19. The van der Waals surface area contributed by atoms with Gasteiger partial charge >= 0.3 is 0 Å². The van der Waals surface area contributed by atoms with E-state index in [2.05, 4.69) is 28.6 Å². The quantitative estimate of drug-likeness (QED) is 0.719. The number of hydrogen-bond acceptors (Lipinski definition) is 3. The van der Waals surface area contributed by atoms with E-state index in [1.54, 1.807) is 0 Å². The highest BCUT2D eigenvalue weighted by atomic mass is 15.1. The van der Waals surface area contributed by atoms with Crippen molar-refractivity contribution >= 4 is 11.5 Å². The predicted molar refractivity (Wildman–Crippen MR) is 71.5 cm³/mol. The summed E-state index contributed by atoms with van der Waals surface area (Å²) < 4.78 is 0. The van der Waals surface area contributed by atoms with Crippen molar-refractivity contribution < 1.29 is 0 Å². The van der Waals surface area contributed by atoms with Gasteiger partial charge in [0.2, 0.25) is 0 Å². The van der Waals surface area contributed by atoms with E-state index < -0.39 is 0 Å². The van der Waals surface area contributed by atoms with E-state index in [9.17, 15) is 0 Å². The molecule has 0 amide bonds. The predicted octanol–water partition coefficient (Wildman–Crippen LogP) is 3.32. The number of pyridine rings is 1. The van der Waals surface area contributed by atoms with Crippen LogP contribution in [0.5, 0.6) is 0 Å². The number of aromatic nitrogens is 1. The van der Waals surface area contributed by atoms with Crippen LogP contribution in [0.3, 0.4) is 0 Å². The Kier molecular flexibility index (Phi) is 2.69. The summed E-state index contributed by atoms with van der Waals surface area (Å²) in [6.45, 7) is 3.15. The van der Waals surface area contributed by atoms with Gasteiger partial charge in [-0.2, -0.15) is 0 Å². The Labute approximate surface area is 103 Å². The average molecular weight is 231 g/mol. The molecule has 1 fully saturated rings. The fraction of sp³-hybridized carbons (Fsp3) is 0.643. The fourth-order valence-electron chi connectivity index (χ4n) is 3.16. The van der Waals surface area contributed by atoms with Crippen LogP contribution in [0.2, 0.25) is 0 Å². The van der Waals surface area contributed by atoms with E-state index in [0.717, 1.165) is 12.4 Å². The van der Waals surface area contributed by atoms with Crippen LogP contribution in [0.4, 0.5) is 11.5 Å². The van der Waals surface area contributed by atoms with Crippen molar-refractivity contribution in [1.82, 2.24) is 4.98 Å². The van der Waals surface area contributed by atoms with E-state index in [1.807, 2.05) is 6.20 Å². The maximum Gasteiger partial charge on any atom is 0.149 e. The Morgan fingerprint density at radius 1 is 1.18 bits per heavy atom. The summed E-state index contributed by atoms with van der Waals surface area (Å²) in [5.74, 6) is 1.05. The first-order chi connectivity index (χ1) is 8.27. The third-order valence-corrected chi connectivity index (χ3v) is 4.14. The second-order valence-corrected chi connectivity index (χ2v) is 5.55. The summed E-state index contributed by atoms with van der Waals surface area (Å²) in [7, 11) is 0. The smallest absolute Gasteiger partial charge is 0.149 e. The number of hydrogen-bond donors (Lipinski definition) is 2. The van der Waals surface area contributed by atoms with Crippen LogP contribution in [0.15, 0.2) is 12.3 Å². The fourth-order valence-corrected chi connectivity index (χ4v) is 3.16. The van der Waals surface area contributed by atoms with Crippen molar-refractivity contribution in [1.29, 1.82) is 0 Å². The number of nitrogens with one attached hydrogen (secondary N) is 2. The molecule has 0 atom stereocenters. The summed E-state index contributed by atoms with van der Waals surface area (Å²) in [4.78, 5) is 4.55. The number of aryl methyl sites for hydroxylation is 1. The van der Waals surface area contributed by atoms with Gasteiger partial charge in [-0.05, 0) is 37.8 Å². The molecule has 92 valence electrons. The van der Waals surface area contributed by atoms with Gasteiger partial charge in [0.1, 0.15) is 5.82 Å². The zero-order chi connectivity index (χ0) is 11.7. The highest BCUT2D eigenvalue weighted by Gasteiger charge is 2.33. The Balaban J connectivity index is 1.90. The Bertz CT molecular complexity index is 408. The van der Waals surface area contributed by atoms with E-state index in [0.29, 0.717) is 5.54 Å². The molecule has 2 aliphatic rings. The van der Waals surface area contributed by atoms with Crippen molar-refractivity contribution in [2.75, 3.05) is 17.2 Å². The first-order valence-corrected chi connectivity index (χ1v) is 6.76. The molecule has 0 saturated heterocycles. The van der Waals surface area contributed by atoms with Crippen molar-refractivity contribution in [3.63, 3.8) is 0 Å². The molecule has 1 saturated carbocycles. The summed E-state index contributed by atoms with van der Waals surface area (Å²) in [5, 5.41) is 7.24. The lowest BCUT2D eigenvalue weighted by Gasteiger charge is -2.37. The van der Waals surface area contributed by atoms with Crippen LogP contribution in [0.1, 0.15) is 44.1 Å². The average Bonchev–Trinajstić information content (AvgIpc) is 2.49. The zero-order valence-corrected chi connectivity index (χ0v) is 10.6. The summed E-state index contributed by atoms with van der Waals surface area (Å²) in [6.07, 6.45) is 9.86.